The van der Waals surface area contributed by atoms with Crippen LogP contribution in [0.4, 0.5) is 13.2 Å². The predicted molar refractivity (Wildman–Crippen MR) is 141 cm³/mol. The number of hydrogen-bond acceptors (Lipinski definition) is 5. The third kappa shape index (κ3) is 6.73. The van der Waals surface area contributed by atoms with E-state index in [-0.39, 0.29) is 12.2 Å². The first-order chi connectivity index (χ1) is 18.1. The minimum absolute atomic E-state index is 0.0120. The van der Waals surface area contributed by atoms with Gasteiger partial charge in [0.2, 0.25) is 5.65 Å². The maximum Gasteiger partial charge on any atom is 0.416 e. The summed E-state index contributed by atoms with van der Waals surface area (Å²) < 4.78 is 47.2. The Balaban J connectivity index is 1.61. The molecule has 0 N–H and O–H groups in total. The van der Waals surface area contributed by atoms with Crippen LogP contribution in [0.5, 0.6) is 5.75 Å². The molecular weight excluding hydrogens is 519 g/mol. The van der Waals surface area contributed by atoms with Crippen LogP contribution >= 0.6 is 11.6 Å². The molecule has 2 heterocycles. The minimum Gasteiger partial charge on any atom is -0.489 e. The average molecular weight is 548 g/mol. The second kappa shape index (κ2) is 12.0. The topological polar surface area (TPSA) is 64.7 Å². The fourth-order valence-electron chi connectivity index (χ4n) is 4.05. The van der Waals surface area contributed by atoms with Gasteiger partial charge in [-0.05, 0) is 68.9 Å². The van der Waals surface area contributed by atoms with Gasteiger partial charge < -0.3 is 9.64 Å². The highest BCUT2D eigenvalue weighted by Crippen LogP contribution is 2.33. The lowest BCUT2D eigenvalue weighted by atomic mass is 10.1. The molecule has 0 bridgehead atoms. The van der Waals surface area contributed by atoms with Crippen LogP contribution in [-0.2, 0) is 12.7 Å². The number of nitrogens with zero attached hydrogens (tertiary/aromatic N) is 5. The van der Waals surface area contributed by atoms with Gasteiger partial charge in [0.05, 0.1) is 24.9 Å². The van der Waals surface area contributed by atoms with Crippen molar-refractivity contribution in [2.24, 2.45) is 0 Å². The number of halogens is 4. The normalized spacial score (nSPS) is 12.0. The van der Waals surface area contributed by atoms with Crippen LogP contribution in [0.2, 0.25) is 5.02 Å². The zero-order valence-corrected chi connectivity index (χ0v) is 22.0. The van der Waals surface area contributed by atoms with Gasteiger partial charge >= 0.3 is 11.9 Å². The van der Waals surface area contributed by atoms with Crippen LogP contribution in [0, 0.1) is 0 Å². The molecule has 4 rings (SSSR count). The van der Waals surface area contributed by atoms with Crippen molar-refractivity contribution < 1.29 is 17.9 Å². The largest absolute Gasteiger partial charge is 0.489 e. The third-order valence-corrected chi connectivity index (χ3v) is 6.33. The van der Waals surface area contributed by atoms with Gasteiger partial charge in [-0.15, -0.1) is 5.10 Å². The lowest BCUT2D eigenvalue weighted by Gasteiger charge is -2.12. The van der Waals surface area contributed by atoms with Crippen molar-refractivity contribution in [2.45, 2.75) is 38.4 Å². The Kier molecular flexibility index (Phi) is 8.73. The quantitative estimate of drug-likeness (QED) is 0.223. The van der Waals surface area contributed by atoms with Crippen molar-refractivity contribution in [2.75, 3.05) is 27.2 Å². The molecule has 0 saturated carbocycles. The Morgan fingerprint density at radius 1 is 0.974 bits per heavy atom. The van der Waals surface area contributed by atoms with Crippen LogP contribution in [-0.4, -0.2) is 51.5 Å². The number of benzene rings is 2. The van der Waals surface area contributed by atoms with Crippen molar-refractivity contribution in [1.82, 2.24) is 24.3 Å². The maximum atomic E-state index is 13.1. The molecule has 11 heteroatoms. The van der Waals surface area contributed by atoms with E-state index in [4.69, 9.17) is 16.3 Å². The Hall–Kier alpha value is -3.37. The highest BCUT2D eigenvalue weighted by Gasteiger charge is 2.30. The summed E-state index contributed by atoms with van der Waals surface area (Å²) in [4.78, 5) is 15.2. The highest BCUT2D eigenvalue weighted by atomic mass is 35.5. The Morgan fingerprint density at radius 2 is 1.66 bits per heavy atom. The molecule has 2 aromatic carbocycles. The summed E-state index contributed by atoms with van der Waals surface area (Å²) in [7, 11) is 4.10. The highest BCUT2D eigenvalue weighted by molar-refractivity contribution is 6.30. The first kappa shape index (κ1) is 27.7. The Morgan fingerprint density at radius 3 is 2.32 bits per heavy atom. The van der Waals surface area contributed by atoms with Gasteiger partial charge in [-0.1, -0.05) is 48.7 Å². The second-order valence-corrected chi connectivity index (χ2v) is 9.77. The van der Waals surface area contributed by atoms with E-state index in [9.17, 15) is 18.0 Å². The van der Waals surface area contributed by atoms with Crippen LogP contribution < -0.4 is 10.4 Å². The van der Waals surface area contributed by atoms with E-state index in [2.05, 4.69) is 29.2 Å². The van der Waals surface area contributed by atoms with Gasteiger partial charge in [0.1, 0.15) is 0 Å². The summed E-state index contributed by atoms with van der Waals surface area (Å²) in [5, 5.41) is 9.33. The molecule has 0 aliphatic heterocycles. The molecule has 4 aromatic rings. The molecule has 0 aliphatic rings. The molecule has 38 heavy (non-hydrogen) atoms. The molecule has 0 unspecified atom stereocenters. The van der Waals surface area contributed by atoms with Crippen LogP contribution in [0.3, 0.4) is 0 Å². The van der Waals surface area contributed by atoms with Crippen molar-refractivity contribution >= 4 is 17.2 Å². The molecule has 0 atom stereocenters. The zero-order chi connectivity index (χ0) is 27.3. The number of fused-ring (bicyclic) bond motifs is 1. The smallest absolute Gasteiger partial charge is 0.416 e. The van der Waals surface area contributed by atoms with E-state index in [1.165, 1.54) is 16.8 Å². The van der Waals surface area contributed by atoms with Crippen molar-refractivity contribution in [1.29, 1.82) is 0 Å². The third-order valence-electron chi connectivity index (χ3n) is 6.08. The van der Waals surface area contributed by atoms with Crippen molar-refractivity contribution in [3.05, 3.63) is 81.4 Å². The van der Waals surface area contributed by atoms with E-state index >= 15 is 0 Å². The predicted octanol–water partition coefficient (Wildman–Crippen LogP) is 5.78. The van der Waals surface area contributed by atoms with E-state index in [0.29, 0.717) is 28.5 Å². The summed E-state index contributed by atoms with van der Waals surface area (Å²) in [6.45, 7) is 1.45. The fraction of sp³-hybridized carbons (Fsp3) is 0.370. The molecule has 0 aliphatic carbocycles. The van der Waals surface area contributed by atoms with E-state index in [0.717, 1.165) is 54.4 Å². The van der Waals surface area contributed by atoms with Gasteiger partial charge in [0.15, 0.2) is 5.75 Å². The molecule has 0 amide bonds. The fourth-order valence-corrected chi connectivity index (χ4v) is 4.18. The Labute approximate surface area is 223 Å². The molecule has 202 valence electrons. The van der Waals surface area contributed by atoms with Gasteiger partial charge in [0.25, 0.3) is 0 Å². The van der Waals surface area contributed by atoms with Crippen LogP contribution in [0.15, 0.2) is 59.5 Å². The van der Waals surface area contributed by atoms with Crippen molar-refractivity contribution in [3.8, 4) is 16.9 Å². The first-order valence-corrected chi connectivity index (χ1v) is 12.7. The molecule has 0 fully saturated rings. The summed E-state index contributed by atoms with van der Waals surface area (Å²) in [6.07, 6.45) is 1.14. The van der Waals surface area contributed by atoms with E-state index < -0.39 is 17.4 Å². The van der Waals surface area contributed by atoms with Gasteiger partial charge in [-0.25, -0.2) is 9.48 Å². The van der Waals surface area contributed by atoms with Gasteiger partial charge in [-0.3, -0.25) is 0 Å². The molecule has 7 nitrogen and oxygen atoms in total. The minimum atomic E-state index is -4.43. The molecule has 2 aromatic heterocycles. The summed E-state index contributed by atoms with van der Waals surface area (Å²) in [5.74, 6) is 0.416. The maximum absolute atomic E-state index is 13.1. The number of aromatic nitrogens is 4. The first-order valence-electron chi connectivity index (χ1n) is 12.3. The second-order valence-electron chi connectivity index (χ2n) is 9.33. The monoisotopic (exact) mass is 547 g/mol. The summed E-state index contributed by atoms with van der Waals surface area (Å²) >= 11 is 6.06. The van der Waals surface area contributed by atoms with E-state index in [1.54, 1.807) is 18.3 Å². The van der Waals surface area contributed by atoms with Gasteiger partial charge in [-0.2, -0.15) is 22.8 Å². The van der Waals surface area contributed by atoms with Crippen LogP contribution in [0.25, 0.3) is 16.8 Å². The molecule has 0 radical (unpaired) electrons. The number of hydrogen-bond donors (Lipinski definition) is 0. The number of unbranched alkanes of at least 4 members (excludes halogenated alkanes) is 3. The lowest BCUT2D eigenvalue weighted by Crippen LogP contribution is -2.23. The lowest BCUT2D eigenvalue weighted by molar-refractivity contribution is -0.137. The number of rotatable bonds is 11. The summed E-state index contributed by atoms with van der Waals surface area (Å²) in [6, 6.07) is 11.8. The number of alkyl halides is 3. The molecular formula is C27H29ClF3N5O2. The standard InChI is InChI=1S/C27H29ClF3N5O2/c1-34(2)15-5-3-4-6-16-38-24-23(20-9-13-22(28)14-10-20)17-32-36-25(24)33-35(26(36)37)18-19-7-11-21(12-8-19)27(29,30)31/h7-14,17H,3-6,15-16,18H2,1-2H3. The van der Waals surface area contributed by atoms with Crippen LogP contribution in [0.1, 0.15) is 36.8 Å². The number of ether oxygens (including phenoxy) is 1. The molecule has 0 spiro atoms. The molecule has 0 saturated heterocycles. The van der Waals surface area contributed by atoms with E-state index in [1.807, 2.05) is 12.1 Å². The Bertz CT molecular complexity index is 1410. The average Bonchev–Trinajstić information content (AvgIpc) is 3.19. The van der Waals surface area contributed by atoms with Gasteiger partial charge in [0, 0.05) is 10.6 Å². The zero-order valence-electron chi connectivity index (χ0n) is 21.2. The van der Waals surface area contributed by atoms with Crippen molar-refractivity contribution in [3.63, 3.8) is 0 Å². The SMILES string of the molecule is CN(C)CCCCCCOc1c(-c2ccc(Cl)cc2)cnn2c(=O)n(Cc3ccc(C(F)(F)F)cc3)nc12. The summed E-state index contributed by atoms with van der Waals surface area (Å²) in [5.41, 5.74) is 0.929.